The normalized spacial score (nSPS) is 25.0. The molecule has 4 atom stereocenters. The molecule has 1 N–H and O–H groups in total. The highest BCUT2D eigenvalue weighted by Gasteiger charge is 2.68. The molecule has 2 aromatic rings. The van der Waals surface area contributed by atoms with Gasteiger partial charge in [-0.3, -0.25) is 24.5 Å². The van der Waals surface area contributed by atoms with Gasteiger partial charge >= 0.3 is 5.97 Å². The maximum atomic E-state index is 14.0. The van der Waals surface area contributed by atoms with Gasteiger partial charge in [0.25, 0.3) is 0 Å². The lowest BCUT2D eigenvalue weighted by Gasteiger charge is -2.32. The molecule has 0 spiro atoms. The lowest BCUT2D eigenvalue weighted by molar-refractivity contribution is -0.152. The molecule has 0 aromatic heterocycles. The van der Waals surface area contributed by atoms with E-state index in [0.29, 0.717) is 34.7 Å². The van der Waals surface area contributed by atoms with E-state index in [2.05, 4.69) is 5.32 Å². The molecular weight excluding hydrogens is 464 g/mol. The second-order valence-corrected chi connectivity index (χ2v) is 9.06. The van der Waals surface area contributed by atoms with Crippen LogP contribution >= 0.6 is 0 Å². The molecule has 2 aliphatic rings. The number of nitrogens with zero attached hydrogens (tertiary/aromatic N) is 1. The zero-order valence-corrected chi connectivity index (χ0v) is 21.0. The van der Waals surface area contributed by atoms with Gasteiger partial charge in [-0.1, -0.05) is 25.5 Å². The van der Waals surface area contributed by atoms with Crippen LogP contribution in [0.2, 0.25) is 0 Å². The maximum absolute atomic E-state index is 14.0. The second kappa shape index (κ2) is 9.73. The molecule has 0 radical (unpaired) electrons. The van der Waals surface area contributed by atoms with E-state index in [1.165, 1.54) is 34.3 Å². The molecule has 0 bridgehead atoms. The molecule has 36 heavy (non-hydrogen) atoms. The van der Waals surface area contributed by atoms with E-state index in [0.717, 1.165) is 4.90 Å². The first kappa shape index (κ1) is 25.4. The lowest BCUT2D eigenvalue weighted by atomic mass is 9.77. The molecule has 2 saturated heterocycles. The Hall–Kier alpha value is -3.72. The number of carbonyl (C=O) groups excluding carboxylic acids is 4. The number of fused-ring (bicyclic) bond motifs is 1. The van der Waals surface area contributed by atoms with Crippen LogP contribution in [-0.4, -0.2) is 50.4 Å². The van der Waals surface area contributed by atoms with E-state index >= 15 is 0 Å². The van der Waals surface area contributed by atoms with Gasteiger partial charge in [0.1, 0.15) is 17.0 Å². The summed E-state index contributed by atoms with van der Waals surface area (Å²) in [7, 11) is 4.31. The Labute approximate surface area is 209 Å². The summed E-state index contributed by atoms with van der Waals surface area (Å²) in [5.74, 6) is -2.67. The van der Waals surface area contributed by atoms with Gasteiger partial charge < -0.3 is 14.2 Å². The molecule has 2 amide bonds. The van der Waals surface area contributed by atoms with E-state index in [4.69, 9.17) is 14.2 Å². The van der Waals surface area contributed by atoms with Crippen molar-refractivity contribution in [3.8, 4) is 11.5 Å². The van der Waals surface area contributed by atoms with Crippen LogP contribution in [0.4, 0.5) is 5.69 Å². The number of ketones is 1. The quantitative estimate of drug-likeness (QED) is 0.339. The highest BCUT2D eigenvalue weighted by Crippen LogP contribution is 2.53. The van der Waals surface area contributed by atoms with Crippen molar-refractivity contribution in [1.29, 1.82) is 0 Å². The number of benzene rings is 2. The number of esters is 1. The molecule has 4 rings (SSSR count). The van der Waals surface area contributed by atoms with Crippen molar-refractivity contribution in [1.82, 2.24) is 5.32 Å². The SMILES string of the molecule is CCCC1(C(=O)OC)NC(c2cc(OC)ccc2OC)C2C(=O)N(c3cccc(C(C)=O)c3)C(=O)C21. The van der Waals surface area contributed by atoms with Crippen LogP contribution in [0.25, 0.3) is 0 Å². The van der Waals surface area contributed by atoms with Gasteiger partial charge in [0.15, 0.2) is 5.78 Å². The van der Waals surface area contributed by atoms with Crippen molar-refractivity contribution in [3.63, 3.8) is 0 Å². The first-order valence-electron chi connectivity index (χ1n) is 11.8. The summed E-state index contributed by atoms with van der Waals surface area (Å²) in [5.41, 5.74) is -0.165. The molecule has 9 heteroatoms. The average molecular weight is 495 g/mol. The lowest BCUT2D eigenvalue weighted by Crippen LogP contribution is -2.56. The first-order chi connectivity index (χ1) is 17.2. The van der Waals surface area contributed by atoms with Crippen LogP contribution in [0, 0.1) is 11.8 Å². The van der Waals surface area contributed by atoms with Crippen LogP contribution in [0.1, 0.15) is 48.7 Å². The molecule has 2 heterocycles. The highest BCUT2D eigenvalue weighted by atomic mass is 16.5. The standard InChI is InChI=1S/C27H30N2O7/c1-6-12-27(26(33)36-5)22-21(23(28-27)19-14-18(34-3)10-11-20(19)35-4)24(31)29(25(22)32)17-9-7-8-16(13-17)15(2)30/h7-11,13-14,21-23,28H,6,12H2,1-5H3. The van der Waals surface area contributed by atoms with Crippen molar-refractivity contribution in [3.05, 3.63) is 53.6 Å². The number of Topliss-reactive ketones (excluding diaryl/α,β-unsaturated/α-hetero) is 1. The number of carbonyl (C=O) groups is 4. The summed E-state index contributed by atoms with van der Waals surface area (Å²) < 4.78 is 16.2. The molecule has 4 unspecified atom stereocenters. The first-order valence-corrected chi connectivity index (χ1v) is 11.8. The van der Waals surface area contributed by atoms with E-state index in [9.17, 15) is 19.2 Å². The molecular formula is C27H30N2O7. The number of imide groups is 1. The molecule has 9 nitrogen and oxygen atoms in total. The number of amides is 2. The minimum Gasteiger partial charge on any atom is -0.497 e. The third kappa shape index (κ3) is 3.83. The number of anilines is 1. The van der Waals surface area contributed by atoms with E-state index in [-0.39, 0.29) is 12.2 Å². The Balaban J connectivity index is 1.91. The van der Waals surface area contributed by atoms with Crippen LogP contribution in [-0.2, 0) is 19.1 Å². The zero-order valence-electron chi connectivity index (χ0n) is 21.0. The third-order valence-corrected chi connectivity index (χ3v) is 7.13. The second-order valence-electron chi connectivity index (χ2n) is 9.06. The minimum atomic E-state index is -1.42. The fourth-order valence-corrected chi connectivity index (χ4v) is 5.57. The molecule has 0 saturated carbocycles. The monoisotopic (exact) mass is 494 g/mol. The number of hydrogen-bond donors (Lipinski definition) is 1. The summed E-state index contributed by atoms with van der Waals surface area (Å²) >= 11 is 0. The summed E-state index contributed by atoms with van der Waals surface area (Å²) in [4.78, 5) is 54.3. The van der Waals surface area contributed by atoms with Gasteiger partial charge in [0.05, 0.1) is 38.9 Å². The van der Waals surface area contributed by atoms with E-state index in [1.807, 2.05) is 6.92 Å². The summed E-state index contributed by atoms with van der Waals surface area (Å²) in [5, 5.41) is 3.33. The Morgan fingerprint density at radius 1 is 1.03 bits per heavy atom. The highest BCUT2D eigenvalue weighted by molar-refractivity contribution is 6.24. The summed E-state index contributed by atoms with van der Waals surface area (Å²) in [6, 6.07) is 10.8. The Morgan fingerprint density at radius 3 is 2.39 bits per heavy atom. The zero-order chi connectivity index (χ0) is 26.2. The van der Waals surface area contributed by atoms with Crippen molar-refractivity contribution in [2.45, 2.75) is 38.3 Å². The van der Waals surface area contributed by atoms with Crippen molar-refractivity contribution < 1.29 is 33.4 Å². The van der Waals surface area contributed by atoms with Crippen LogP contribution in [0.3, 0.4) is 0 Å². The smallest absolute Gasteiger partial charge is 0.326 e. The average Bonchev–Trinajstić information content (AvgIpc) is 3.37. The number of nitrogens with one attached hydrogen (secondary N) is 1. The molecule has 2 fully saturated rings. The fraction of sp³-hybridized carbons (Fsp3) is 0.407. The number of hydrogen-bond acceptors (Lipinski definition) is 8. The maximum Gasteiger partial charge on any atom is 0.326 e. The van der Waals surface area contributed by atoms with Crippen molar-refractivity contribution in [2.75, 3.05) is 26.2 Å². The number of methoxy groups -OCH3 is 3. The number of rotatable bonds is 8. The van der Waals surface area contributed by atoms with Crippen molar-refractivity contribution in [2.24, 2.45) is 11.8 Å². The molecule has 2 aromatic carbocycles. The van der Waals surface area contributed by atoms with E-state index in [1.54, 1.807) is 36.4 Å². The summed E-state index contributed by atoms with van der Waals surface area (Å²) in [6.07, 6.45) is 0.846. The van der Waals surface area contributed by atoms with Crippen LogP contribution in [0.15, 0.2) is 42.5 Å². The molecule has 2 aliphatic heterocycles. The Morgan fingerprint density at radius 2 is 1.78 bits per heavy atom. The topological polar surface area (TPSA) is 111 Å². The largest absolute Gasteiger partial charge is 0.497 e. The van der Waals surface area contributed by atoms with Crippen LogP contribution in [0.5, 0.6) is 11.5 Å². The van der Waals surface area contributed by atoms with Gasteiger partial charge in [-0.25, -0.2) is 4.90 Å². The van der Waals surface area contributed by atoms with Gasteiger partial charge in [-0.05, 0) is 43.7 Å². The summed E-state index contributed by atoms with van der Waals surface area (Å²) in [6.45, 7) is 3.32. The van der Waals surface area contributed by atoms with Crippen molar-refractivity contribution >= 4 is 29.3 Å². The molecule has 190 valence electrons. The van der Waals surface area contributed by atoms with Crippen LogP contribution < -0.4 is 19.7 Å². The van der Waals surface area contributed by atoms with E-state index < -0.39 is 41.2 Å². The predicted molar refractivity (Wildman–Crippen MR) is 131 cm³/mol. The van der Waals surface area contributed by atoms with Gasteiger partial charge in [0.2, 0.25) is 11.8 Å². The number of ether oxygens (including phenoxy) is 3. The third-order valence-electron chi connectivity index (χ3n) is 7.13. The minimum absolute atomic E-state index is 0.188. The predicted octanol–water partition coefficient (Wildman–Crippen LogP) is 3.07. The molecule has 0 aliphatic carbocycles. The van der Waals surface area contributed by atoms with Gasteiger partial charge in [0, 0.05) is 17.2 Å². The Kier molecular flexibility index (Phi) is 6.86. The van der Waals surface area contributed by atoms with Gasteiger partial charge in [-0.15, -0.1) is 0 Å². The van der Waals surface area contributed by atoms with Gasteiger partial charge in [-0.2, -0.15) is 0 Å². The Bertz CT molecular complexity index is 1230. The fourth-order valence-electron chi connectivity index (χ4n) is 5.57.